The van der Waals surface area contributed by atoms with Gasteiger partial charge < -0.3 is 9.63 Å². The monoisotopic (exact) mass is 185 g/mol. The molecule has 5 heteroatoms. The van der Waals surface area contributed by atoms with Gasteiger partial charge in [-0.3, -0.25) is 0 Å². The first-order valence-electron chi connectivity index (χ1n) is 3.78. The molecule has 72 valence electrons. The van der Waals surface area contributed by atoms with E-state index in [0.717, 1.165) is 12.1 Å². The highest BCUT2D eigenvalue weighted by Gasteiger charge is 2.06. The Labute approximate surface area is 75.3 Å². The average Bonchev–Trinajstić information content (AvgIpc) is 2.53. The first kappa shape index (κ1) is 11.6. The van der Waals surface area contributed by atoms with Gasteiger partial charge in [-0.05, 0) is 13.3 Å². The molecule has 0 aliphatic heterocycles. The molecule has 0 radical (unpaired) electrons. The zero-order valence-corrected chi connectivity index (χ0v) is 7.48. The molecule has 1 rings (SSSR count). The van der Waals surface area contributed by atoms with E-state index in [9.17, 15) is 0 Å². The fourth-order valence-corrected chi connectivity index (χ4v) is 0.692. The van der Waals surface area contributed by atoms with Crippen LogP contribution in [0.1, 0.15) is 31.4 Å². The number of carbonyl (C=O) groups excluding carboxylic acids is 2. The fourth-order valence-electron chi connectivity index (χ4n) is 0.692. The second-order valence-electron chi connectivity index (χ2n) is 2.33. The first-order chi connectivity index (χ1) is 6.15. The predicted octanol–water partition coefficient (Wildman–Crippen LogP) is 0.707. The van der Waals surface area contributed by atoms with E-state index in [2.05, 4.69) is 5.16 Å². The van der Waals surface area contributed by atoms with Gasteiger partial charge >= 0.3 is 6.15 Å². The zero-order valence-electron chi connectivity index (χ0n) is 7.48. The fraction of sp³-hybridized carbons (Fsp3) is 0.500. The van der Waals surface area contributed by atoms with E-state index in [4.69, 9.17) is 19.2 Å². The zero-order chi connectivity index (χ0) is 10.3. The van der Waals surface area contributed by atoms with Gasteiger partial charge in [0.2, 0.25) is 0 Å². The molecule has 13 heavy (non-hydrogen) atoms. The van der Waals surface area contributed by atoms with Gasteiger partial charge in [-0.15, -0.1) is 0 Å². The van der Waals surface area contributed by atoms with Crippen LogP contribution in [0.4, 0.5) is 0 Å². The maximum Gasteiger partial charge on any atom is 0.373 e. The van der Waals surface area contributed by atoms with Crippen LogP contribution in [0.15, 0.2) is 10.6 Å². The van der Waals surface area contributed by atoms with Gasteiger partial charge in [0, 0.05) is 6.07 Å². The lowest BCUT2D eigenvalue weighted by atomic mass is 10.2. The van der Waals surface area contributed by atoms with Crippen molar-refractivity contribution in [1.82, 2.24) is 5.16 Å². The molecule has 0 amide bonds. The number of aromatic nitrogens is 1. The van der Waals surface area contributed by atoms with Crippen LogP contribution in [0.2, 0.25) is 0 Å². The Morgan fingerprint density at radius 3 is 2.46 bits per heavy atom. The summed E-state index contributed by atoms with van der Waals surface area (Å²) in [6, 6.07) is 1.77. The van der Waals surface area contributed by atoms with Crippen LogP contribution in [0.25, 0.3) is 0 Å². The van der Waals surface area contributed by atoms with Gasteiger partial charge in [0.05, 0.1) is 5.69 Å². The van der Waals surface area contributed by atoms with Crippen molar-refractivity contribution in [3.8, 4) is 0 Å². The molecule has 0 spiro atoms. The maximum absolute atomic E-state index is 9.00. The molecule has 0 saturated carbocycles. The topological polar surface area (TPSA) is 80.4 Å². The van der Waals surface area contributed by atoms with E-state index in [0.29, 0.717) is 5.76 Å². The minimum Gasteiger partial charge on any atom is -0.385 e. The van der Waals surface area contributed by atoms with Crippen molar-refractivity contribution in [2.75, 3.05) is 0 Å². The summed E-state index contributed by atoms with van der Waals surface area (Å²) < 4.78 is 4.82. The van der Waals surface area contributed by atoms with Gasteiger partial charge in [0.1, 0.15) is 6.10 Å². The lowest BCUT2D eigenvalue weighted by molar-refractivity contribution is -0.191. The third kappa shape index (κ3) is 4.20. The van der Waals surface area contributed by atoms with Gasteiger partial charge in [-0.2, -0.15) is 9.59 Å². The van der Waals surface area contributed by atoms with E-state index in [1.807, 2.05) is 6.92 Å². The number of hydrogen-bond donors (Lipinski definition) is 1. The molecule has 1 N–H and O–H groups in total. The highest BCUT2D eigenvalue weighted by Crippen LogP contribution is 2.12. The molecule has 0 saturated heterocycles. The number of hydrogen-bond acceptors (Lipinski definition) is 5. The van der Waals surface area contributed by atoms with E-state index in [-0.39, 0.29) is 6.15 Å². The van der Waals surface area contributed by atoms with Crippen LogP contribution < -0.4 is 0 Å². The standard InChI is InChI=1S/C7H11NO2.CO2/c1-3-6-4-7(5(2)9)10-8-6;2-1-3/h4-5,9H,3H2,1-2H3;. The van der Waals surface area contributed by atoms with Crippen LogP contribution >= 0.6 is 0 Å². The summed E-state index contributed by atoms with van der Waals surface area (Å²) in [5.74, 6) is 0.539. The highest BCUT2D eigenvalue weighted by atomic mass is 16.5. The number of rotatable bonds is 2. The van der Waals surface area contributed by atoms with Crippen molar-refractivity contribution in [1.29, 1.82) is 0 Å². The van der Waals surface area contributed by atoms with Crippen molar-refractivity contribution in [3.05, 3.63) is 17.5 Å². The SMILES string of the molecule is CCc1cc(C(C)O)on1.O=C=O. The molecule has 0 aliphatic carbocycles. The van der Waals surface area contributed by atoms with Crippen LogP contribution in [-0.2, 0) is 16.0 Å². The van der Waals surface area contributed by atoms with E-state index in [1.165, 1.54) is 0 Å². The van der Waals surface area contributed by atoms with Crippen molar-refractivity contribution >= 4 is 6.15 Å². The summed E-state index contributed by atoms with van der Waals surface area (Å²) in [6.45, 7) is 3.64. The van der Waals surface area contributed by atoms with E-state index in [1.54, 1.807) is 13.0 Å². The molecule has 1 aromatic heterocycles. The minimum absolute atomic E-state index is 0.250. The van der Waals surface area contributed by atoms with Crippen LogP contribution in [0.5, 0.6) is 0 Å². The van der Waals surface area contributed by atoms with Crippen molar-refractivity contribution in [3.63, 3.8) is 0 Å². The Kier molecular flexibility index (Phi) is 5.43. The molecule has 1 unspecified atom stereocenters. The first-order valence-corrected chi connectivity index (χ1v) is 3.78. The quantitative estimate of drug-likeness (QED) is 0.733. The maximum atomic E-state index is 9.00. The lowest BCUT2D eigenvalue weighted by Crippen LogP contribution is -1.85. The minimum atomic E-state index is -0.548. The summed E-state index contributed by atoms with van der Waals surface area (Å²) in [7, 11) is 0. The van der Waals surface area contributed by atoms with Gasteiger partial charge in [-0.25, -0.2) is 0 Å². The van der Waals surface area contributed by atoms with Crippen LogP contribution in [0, 0.1) is 0 Å². The average molecular weight is 185 g/mol. The Morgan fingerprint density at radius 1 is 1.69 bits per heavy atom. The number of aliphatic hydroxyl groups is 1. The van der Waals surface area contributed by atoms with Crippen LogP contribution in [-0.4, -0.2) is 16.4 Å². The van der Waals surface area contributed by atoms with Gasteiger partial charge in [0.15, 0.2) is 5.76 Å². The summed E-state index contributed by atoms with van der Waals surface area (Å²) >= 11 is 0. The molecule has 1 aromatic rings. The normalized spacial score (nSPS) is 11.0. The molecule has 0 aromatic carbocycles. The summed E-state index contributed by atoms with van der Waals surface area (Å²) in [6.07, 6.45) is 0.545. The van der Waals surface area contributed by atoms with Gasteiger partial charge in [0.25, 0.3) is 0 Å². The summed E-state index contributed by atoms with van der Waals surface area (Å²) in [4.78, 5) is 16.2. The molecule has 0 bridgehead atoms. The largest absolute Gasteiger partial charge is 0.385 e. The number of aryl methyl sites for hydroxylation is 1. The Bertz CT molecular complexity index is 273. The van der Waals surface area contributed by atoms with Crippen molar-refractivity contribution < 1.29 is 19.2 Å². The molecule has 1 heterocycles. The summed E-state index contributed by atoms with van der Waals surface area (Å²) in [5.41, 5.74) is 0.885. The number of nitrogens with zero attached hydrogens (tertiary/aromatic N) is 1. The smallest absolute Gasteiger partial charge is 0.373 e. The lowest BCUT2D eigenvalue weighted by Gasteiger charge is -1.92. The van der Waals surface area contributed by atoms with Crippen molar-refractivity contribution in [2.45, 2.75) is 26.4 Å². The summed E-state index contributed by atoms with van der Waals surface area (Å²) in [5, 5.41) is 12.7. The third-order valence-corrected chi connectivity index (χ3v) is 1.35. The Balaban J connectivity index is 0.000000424. The van der Waals surface area contributed by atoms with Crippen molar-refractivity contribution in [2.24, 2.45) is 0 Å². The molecular formula is C8H11NO4. The Morgan fingerprint density at radius 2 is 2.23 bits per heavy atom. The van der Waals surface area contributed by atoms with E-state index < -0.39 is 6.10 Å². The highest BCUT2D eigenvalue weighted by molar-refractivity contribution is 5.20. The third-order valence-electron chi connectivity index (χ3n) is 1.35. The van der Waals surface area contributed by atoms with E-state index >= 15 is 0 Å². The van der Waals surface area contributed by atoms with Gasteiger partial charge in [-0.1, -0.05) is 12.1 Å². The molecule has 5 nitrogen and oxygen atoms in total. The second kappa shape index (κ2) is 6.11. The van der Waals surface area contributed by atoms with Crippen LogP contribution in [0.3, 0.4) is 0 Å². The Hall–Kier alpha value is -1.45. The molecule has 0 fully saturated rings. The molecule has 0 aliphatic rings. The number of aliphatic hydroxyl groups excluding tert-OH is 1. The molecular weight excluding hydrogens is 174 g/mol. The molecule has 1 atom stereocenters. The predicted molar refractivity (Wildman–Crippen MR) is 41.5 cm³/mol. The second-order valence-corrected chi connectivity index (χ2v) is 2.33.